The topological polar surface area (TPSA) is 54.9 Å². The average Bonchev–Trinajstić information content (AvgIpc) is 3.11. The molecule has 0 aliphatic heterocycles. The number of benzene rings is 1. The van der Waals surface area contributed by atoms with Crippen molar-refractivity contribution in [3.05, 3.63) is 23.8 Å². The van der Waals surface area contributed by atoms with Gasteiger partial charge in [0.05, 0.1) is 14.2 Å². The Kier molecular flexibility index (Phi) is 10.7. The summed E-state index contributed by atoms with van der Waals surface area (Å²) in [6.45, 7) is 3.82. The highest BCUT2D eigenvalue weighted by Gasteiger charge is 2.15. The second-order valence-corrected chi connectivity index (χ2v) is 6.18. The molecule has 2 N–H and O–H groups in total. The highest BCUT2D eigenvalue weighted by Crippen LogP contribution is 2.27. The highest BCUT2D eigenvalue weighted by atomic mass is 127. The van der Waals surface area contributed by atoms with E-state index in [-0.39, 0.29) is 24.0 Å². The summed E-state index contributed by atoms with van der Waals surface area (Å²) in [4.78, 5) is 4.71. The molecular formula is C19H32IN3O2. The fourth-order valence-electron chi connectivity index (χ4n) is 3.09. The molecule has 1 aromatic rings. The van der Waals surface area contributed by atoms with Crippen LogP contribution in [0.1, 0.15) is 44.6 Å². The van der Waals surface area contributed by atoms with Gasteiger partial charge in [-0.05, 0) is 50.3 Å². The lowest BCUT2D eigenvalue weighted by Gasteiger charge is -2.16. The summed E-state index contributed by atoms with van der Waals surface area (Å²) in [5.41, 5.74) is 1.25. The lowest BCUT2D eigenvalue weighted by atomic mass is 10.1. The molecule has 1 aliphatic rings. The smallest absolute Gasteiger partial charge is 0.191 e. The molecule has 1 saturated carbocycles. The van der Waals surface area contributed by atoms with Crippen LogP contribution in [-0.4, -0.2) is 39.3 Å². The van der Waals surface area contributed by atoms with E-state index in [1.807, 2.05) is 12.1 Å². The average molecular weight is 461 g/mol. The number of methoxy groups -OCH3 is 2. The molecular weight excluding hydrogens is 429 g/mol. The van der Waals surface area contributed by atoms with Crippen LogP contribution in [0.3, 0.4) is 0 Å². The predicted molar refractivity (Wildman–Crippen MR) is 115 cm³/mol. The van der Waals surface area contributed by atoms with Gasteiger partial charge in [-0.25, -0.2) is 0 Å². The van der Waals surface area contributed by atoms with Gasteiger partial charge in [-0.1, -0.05) is 18.9 Å². The van der Waals surface area contributed by atoms with Gasteiger partial charge in [0.2, 0.25) is 0 Å². The number of ether oxygens (including phenoxy) is 2. The Balaban J connectivity index is 0.00000312. The van der Waals surface area contributed by atoms with Crippen LogP contribution >= 0.6 is 24.0 Å². The van der Waals surface area contributed by atoms with Crippen LogP contribution in [0, 0.1) is 0 Å². The maximum Gasteiger partial charge on any atom is 0.191 e. The minimum Gasteiger partial charge on any atom is -0.493 e. The maximum absolute atomic E-state index is 5.36. The van der Waals surface area contributed by atoms with Crippen LogP contribution in [-0.2, 0) is 6.42 Å². The molecule has 0 unspecified atom stereocenters. The number of aryl methyl sites for hydroxylation is 1. The number of hydrogen-bond donors (Lipinski definition) is 2. The number of hydrogen-bond acceptors (Lipinski definition) is 3. The Labute approximate surface area is 169 Å². The van der Waals surface area contributed by atoms with Crippen molar-refractivity contribution in [2.45, 2.75) is 51.5 Å². The molecule has 0 bridgehead atoms. The molecule has 1 fully saturated rings. The van der Waals surface area contributed by atoms with E-state index in [2.05, 4.69) is 23.6 Å². The van der Waals surface area contributed by atoms with Gasteiger partial charge in [-0.15, -0.1) is 24.0 Å². The molecule has 1 aliphatic carbocycles. The molecule has 142 valence electrons. The van der Waals surface area contributed by atoms with Crippen LogP contribution in [0.5, 0.6) is 11.5 Å². The number of nitrogens with one attached hydrogen (secondary N) is 2. The number of aliphatic imine (C=N–C) groups is 1. The quantitative estimate of drug-likeness (QED) is 0.268. The van der Waals surface area contributed by atoms with Crippen molar-refractivity contribution in [2.24, 2.45) is 4.99 Å². The van der Waals surface area contributed by atoms with Gasteiger partial charge in [0.25, 0.3) is 0 Å². The van der Waals surface area contributed by atoms with Gasteiger partial charge >= 0.3 is 0 Å². The number of rotatable bonds is 8. The largest absolute Gasteiger partial charge is 0.493 e. The van der Waals surface area contributed by atoms with Gasteiger partial charge in [0, 0.05) is 19.1 Å². The van der Waals surface area contributed by atoms with Crippen molar-refractivity contribution in [1.29, 1.82) is 0 Å². The molecule has 0 spiro atoms. The highest BCUT2D eigenvalue weighted by molar-refractivity contribution is 14.0. The van der Waals surface area contributed by atoms with Gasteiger partial charge in [-0.3, -0.25) is 4.99 Å². The molecule has 0 radical (unpaired) electrons. The minimum atomic E-state index is 0. The lowest BCUT2D eigenvalue weighted by Crippen LogP contribution is -2.42. The first-order chi connectivity index (χ1) is 11.8. The van der Waals surface area contributed by atoms with Gasteiger partial charge in [0.15, 0.2) is 17.5 Å². The van der Waals surface area contributed by atoms with E-state index in [1.54, 1.807) is 14.2 Å². The van der Waals surface area contributed by atoms with Crippen LogP contribution in [0.2, 0.25) is 0 Å². The summed E-state index contributed by atoms with van der Waals surface area (Å²) in [7, 11) is 3.33. The Bertz CT molecular complexity index is 531. The minimum absolute atomic E-state index is 0. The Morgan fingerprint density at radius 3 is 2.52 bits per heavy atom. The molecule has 0 saturated heterocycles. The predicted octanol–water partition coefficient (Wildman–Crippen LogP) is 3.75. The van der Waals surface area contributed by atoms with E-state index in [9.17, 15) is 0 Å². The van der Waals surface area contributed by atoms with Crippen LogP contribution < -0.4 is 20.1 Å². The first-order valence-corrected chi connectivity index (χ1v) is 9.02. The second-order valence-electron chi connectivity index (χ2n) is 6.18. The van der Waals surface area contributed by atoms with Gasteiger partial charge in [0.1, 0.15) is 0 Å². The summed E-state index contributed by atoms with van der Waals surface area (Å²) >= 11 is 0. The van der Waals surface area contributed by atoms with E-state index in [0.29, 0.717) is 6.04 Å². The third-order valence-electron chi connectivity index (χ3n) is 4.38. The summed E-state index contributed by atoms with van der Waals surface area (Å²) < 4.78 is 10.6. The van der Waals surface area contributed by atoms with Crippen molar-refractivity contribution >= 4 is 29.9 Å². The first-order valence-electron chi connectivity index (χ1n) is 9.02. The zero-order valence-corrected chi connectivity index (χ0v) is 18.0. The summed E-state index contributed by atoms with van der Waals surface area (Å²) in [6.07, 6.45) is 7.17. The van der Waals surface area contributed by atoms with Crippen molar-refractivity contribution < 1.29 is 9.47 Å². The van der Waals surface area contributed by atoms with Crippen LogP contribution in [0.4, 0.5) is 0 Å². The zero-order chi connectivity index (χ0) is 17.2. The standard InChI is InChI=1S/C19H31N3O2.HI/c1-4-20-19(22-16-9-5-6-10-16)21-13-7-8-15-11-12-17(23-2)18(14-15)24-3;/h11-12,14,16H,4-10,13H2,1-3H3,(H2,20,21,22);1H. The molecule has 2 rings (SSSR count). The van der Waals surface area contributed by atoms with Crippen molar-refractivity contribution in [3.63, 3.8) is 0 Å². The normalized spacial score (nSPS) is 14.8. The molecule has 0 heterocycles. The van der Waals surface area contributed by atoms with Gasteiger partial charge < -0.3 is 20.1 Å². The number of nitrogens with zero attached hydrogens (tertiary/aromatic N) is 1. The Morgan fingerprint density at radius 1 is 1.16 bits per heavy atom. The molecule has 0 aromatic heterocycles. The molecule has 1 aromatic carbocycles. The van der Waals surface area contributed by atoms with Crippen molar-refractivity contribution in [2.75, 3.05) is 27.3 Å². The SMILES string of the molecule is CCNC(=NCCCc1ccc(OC)c(OC)c1)NC1CCCC1.I. The molecule has 0 atom stereocenters. The first kappa shape index (κ1) is 21.9. The summed E-state index contributed by atoms with van der Waals surface area (Å²) in [5.74, 6) is 2.51. The molecule has 5 nitrogen and oxygen atoms in total. The summed E-state index contributed by atoms with van der Waals surface area (Å²) in [6, 6.07) is 6.69. The third kappa shape index (κ3) is 7.30. The van der Waals surface area contributed by atoms with E-state index in [0.717, 1.165) is 43.4 Å². The molecule has 0 amide bonds. The maximum atomic E-state index is 5.36. The fourth-order valence-corrected chi connectivity index (χ4v) is 3.09. The Morgan fingerprint density at radius 2 is 1.88 bits per heavy atom. The van der Waals surface area contributed by atoms with Gasteiger partial charge in [-0.2, -0.15) is 0 Å². The van der Waals surface area contributed by atoms with Crippen LogP contribution in [0.15, 0.2) is 23.2 Å². The van der Waals surface area contributed by atoms with E-state index in [4.69, 9.17) is 14.5 Å². The monoisotopic (exact) mass is 461 g/mol. The zero-order valence-electron chi connectivity index (χ0n) is 15.6. The fraction of sp³-hybridized carbons (Fsp3) is 0.632. The second kappa shape index (κ2) is 12.2. The molecule has 6 heteroatoms. The van der Waals surface area contributed by atoms with Crippen LogP contribution in [0.25, 0.3) is 0 Å². The third-order valence-corrected chi connectivity index (χ3v) is 4.38. The van der Waals surface area contributed by atoms with E-state index in [1.165, 1.54) is 31.2 Å². The number of halogens is 1. The summed E-state index contributed by atoms with van der Waals surface area (Å²) in [5, 5.41) is 6.90. The Hall–Kier alpha value is -1.18. The lowest BCUT2D eigenvalue weighted by molar-refractivity contribution is 0.354. The van der Waals surface area contributed by atoms with Crippen molar-refractivity contribution in [1.82, 2.24) is 10.6 Å². The molecule has 25 heavy (non-hydrogen) atoms. The number of guanidine groups is 1. The van der Waals surface area contributed by atoms with E-state index < -0.39 is 0 Å². The van der Waals surface area contributed by atoms with E-state index >= 15 is 0 Å². The van der Waals surface area contributed by atoms with Crippen molar-refractivity contribution in [3.8, 4) is 11.5 Å².